The molecule has 1 saturated carbocycles. The summed E-state index contributed by atoms with van der Waals surface area (Å²) in [6.07, 6.45) is 3.26. The zero-order valence-corrected chi connectivity index (χ0v) is 17.7. The van der Waals surface area contributed by atoms with Gasteiger partial charge in [-0.05, 0) is 43.4 Å². The maximum atomic E-state index is 10.4. The lowest BCUT2D eigenvalue weighted by Gasteiger charge is -2.38. The minimum absolute atomic E-state index is 0.289. The van der Waals surface area contributed by atoms with Crippen LogP contribution < -0.4 is 4.74 Å². The highest BCUT2D eigenvalue weighted by Crippen LogP contribution is 2.41. The van der Waals surface area contributed by atoms with Crippen molar-refractivity contribution < 1.29 is 23.8 Å². The van der Waals surface area contributed by atoms with Crippen molar-refractivity contribution in [1.29, 1.82) is 0 Å². The molecule has 8 nitrogen and oxygen atoms in total. The van der Waals surface area contributed by atoms with Crippen molar-refractivity contribution in [3.05, 3.63) is 41.5 Å². The third-order valence-corrected chi connectivity index (χ3v) is 6.01. The molecule has 2 fully saturated rings. The molecule has 8 heteroatoms. The minimum atomic E-state index is -0.546. The molecule has 1 atom stereocenters. The van der Waals surface area contributed by atoms with Crippen molar-refractivity contribution in [3.8, 4) is 5.75 Å². The Kier molecular flexibility index (Phi) is 6.67. The average molecular weight is 418 g/mol. The van der Waals surface area contributed by atoms with Crippen LogP contribution in [0.3, 0.4) is 0 Å². The summed E-state index contributed by atoms with van der Waals surface area (Å²) in [5.41, 5.74) is 0.499. The van der Waals surface area contributed by atoms with Crippen molar-refractivity contribution in [2.75, 3.05) is 40.5 Å². The molecular formula is C22H31N3O5. The minimum Gasteiger partial charge on any atom is -0.497 e. The number of aromatic nitrogens is 2. The first-order valence-electron chi connectivity index (χ1n) is 10.6. The number of aliphatic hydroxyl groups excluding tert-OH is 1. The molecule has 1 saturated heterocycles. The zero-order chi connectivity index (χ0) is 21.0. The van der Waals surface area contributed by atoms with Crippen molar-refractivity contribution in [2.24, 2.45) is 0 Å². The average Bonchev–Trinajstić information content (AvgIpc) is 3.51. The van der Waals surface area contributed by atoms with Crippen LogP contribution in [0.4, 0.5) is 0 Å². The summed E-state index contributed by atoms with van der Waals surface area (Å²) in [7, 11) is 3.35. The molecule has 0 spiro atoms. The Morgan fingerprint density at radius 2 is 2.07 bits per heavy atom. The van der Waals surface area contributed by atoms with Gasteiger partial charge in [0.1, 0.15) is 11.4 Å². The Morgan fingerprint density at radius 3 is 2.77 bits per heavy atom. The molecule has 0 radical (unpaired) electrons. The Labute approximate surface area is 177 Å². The van der Waals surface area contributed by atoms with E-state index < -0.39 is 11.7 Å². The molecule has 164 valence electrons. The number of piperidine rings is 1. The van der Waals surface area contributed by atoms with Crippen LogP contribution in [-0.2, 0) is 21.7 Å². The smallest absolute Gasteiger partial charge is 0.258 e. The fourth-order valence-electron chi connectivity index (χ4n) is 3.96. The quantitative estimate of drug-likeness (QED) is 0.631. The number of hydrogen-bond acceptors (Lipinski definition) is 8. The van der Waals surface area contributed by atoms with Gasteiger partial charge in [-0.15, -0.1) is 0 Å². The van der Waals surface area contributed by atoms with E-state index in [0.29, 0.717) is 25.0 Å². The van der Waals surface area contributed by atoms with E-state index in [4.69, 9.17) is 18.7 Å². The molecule has 2 heterocycles. The molecule has 1 aromatic heterocycles. The Hall–Kier alpha value is -2.00. The van der Waals surface area contributed by atoms with Crippen molar-refractivity contribution in [3.63, 3.8) is 0 Å². The Morgan fingerprint density at radius 1 is 1.27 bits per heavy atom. The second-order valence-electron chi connectivity index (χ2n) is 8.25. The fraction of sp³-hybridized carbons (Fsp3) is 0.636. The van der Waals surface area contributed by atoms with Crippen molar-refractivity contribution >= 4 is 0 Å². The van der Waals surface area contributed by atoms with E-state index >= 15 is 0 Å². The molecule has 0 unspecified atom stereocenters. The van der Waals surface area contributed by atoms with Gasteiger partial charge in [-0.3, -0.25) is 0 Å². The topological polar surface area (TPSA) is 90.1 Å². The van der Waals surface area contributed by atoms with Crippen LogP contribution in [0.2, 0.25) is 0 Å². The lowest BCUT2D eigenvalue weighted by Crippen LogP contribution is -2.46. The summed E-state index contributed by atoms with van der Waals surface area (Å²) in [5.74, 6) is 2.67. The maximum absolute atomic E-state index is 10.4. The van der Waals surface area contributed by atoms with Gasteiger partial charge in [0, 0.05) is 32.7 Å². The van der Waals surface area contributed by atoms with Crippen LogP contribution in [0.1, 0.15) is 48.9 Å². The van der Waals surface area contributed by atoms with Gasteiger partial charge in [-0.25, -0.2) is 0 Å². The van der Waals surface area contributed by atoms with Gasteiger partial charge in [0.15, 0.2) is 5.82 Å². The third-order valence-electron chi connectivity index (χ3n) is 6.01. The van der Waals surface area contributed by atoms with E-state index in [1.54, 1.807) is 14.2 Å². The summed E-state index contributed by atoms with van der Waals surface area (Å²) in [6.45, 7) is 2.89. The fourth-order valence-corrected chi connectivity index (χ4v) is 3.96. The molecule has 0 amide bonds. The van der Waals surface area contributed by atoms with Crippen LogP contribution in [0.25, 0.3) is 0 Å². The van der Waals surface area contributed by atoms with Crippen LogP contribution in [0, 0.1) is 0 Å². The lowest BCUT2D eigenvalue weighted by molar-refractivity contribution is -0.0892. The second-order valence-corrected chi connectivity index (χ2v) is 8.25. The summed E-state index contributed by atoms with van der Waals surface area (Å²) >= 11 is 0. The van der Waals surface area contributed by atoms with Gasteiger partial charge < -0.3 is 28.7 Å². The maximum Gasteiger partial charge on any atom is 0.258 e. The number of methoxy groups -OCH3 is 2. The molecule has 1 aromatic carbocycles. The van der Waals surface area contributed by atoms with E-state index in [2.05, 4.69) is 15.0 Å². The number of hydrogen-bond donors (Lipinski definition) is 1. The summed E-state index contributed by atoms with van der Waals surface area (Å²) < 4.78 is 22.3. The van der Waals surface area contributed by atoms with E-state index in [-0.39, 0.29) is 6.61 Å². The molecular weight excluding hydrogens is 386 g/mol. The molecule has 2 aromatic rings. The second kappa shape index (κ2) is 9.43. The Bertz CT molecular complexity index is 815. The predicted octanol–water partition coefficient (Wildman–Crippen LogP) is 2.47. The first kappa shape index (κ1) is 21.2. The van der Waals surface area contributed by atoms with Gasteiger partial charge in [-0.1, -0.05) is 17.3 Å². The Balaban J connectivity index is 1.22. The SMILES string of the molecule is COc1cccc(COC[C@@H](O)CN2CCC(OC)(c3nc(C4CC4)no3)CC2)c1. The largest absolute Gasteiger partial charge is 0.497 e. The lowest BCUT2D eigenvalue weighted by atomic mass is 9.90. The number of benzene rings is 1. The number of rotatable bonds is 10. The summed E-state index contributed by atoms with van der Waals surface area (Å²) in [5, 5.41) is 14.5. The van der Waals surface area contributed by atoms with Crippen LogP contribution in [0.5, 0.6) is 5.75 Å². The molecule has 1 aliphatic carbocycles. The van der Waals surface area contributed by atoms with E-state index in [9.17, 15) is 5.11 Å². The molecule has 2 aliphatic rings. The highest BCUT2D eigenvalue weighted by Gasteiger charge is 2.42. The van der Waals surface area contributed by atoms with Crippen molar-refractivity contribution in [2.45, 2.75) is 49.9 Å². The van der Waals surface area contributed by atoms with E-state index in [1.165, 1.54) is 0 Å². The molecule has 30 heavy (non-hydrogen) atoms. The number of β-amino-alcohol motifs (C(OH)–C–C–N with tert-alkyl or cyclic N) is 1. The number of aliphatic hydroxyl groups is 1. The van der Waals surface area contributed by atoms with Gasteiger partial charge in [0.05, 0.1) is 26.4 Å². The standard InChI is InChI=1S/C22H31N3O5/c1-27-19-5-3-4-16(12-19)14-29-15-18(26)13-25-10-8-22(28-2,9-11-25)21-23-20(24-30-21)17-6-7-17/h3-5,12,17-18,26H,6-11,13-15H2,1-2H3/t18-/m0/s1. The van der Waals surface area contributed by atoms with Gasteiger partial charge in [0.25, 0.3) is 5.89 Å². The van der Waals surface area contributed by atoms with Crippen LogP contribution in [0.15, 0.2) is 28.8 Å². The highest BCUT2D eigenvalue weighted by atomic mass is 16.5. The summed E-state index contributed by atoms with van der Waals surface area (Å²) in [4.78, 5) is 6.84. The molecule has 4 rings (SSSR count). The van der Waals surface area contributed by atoms with Gasteiger partial charge in [-0.2, -0.15) is 4.98 Å². The molecule has 1 N–H and O–H groups in total. The first-order valence-corrected chi connectivity index (χ1v) is 10.6. The van der Waals surface area contributed by atoms with Crippen molar-refractivity contribution in [1.82, 2.24) is 15.0 Å². The van der Waals surface area contributed by atoms with E-state index in [1.807, 2.05) is 24.3 Å². The number of nitrogens with zero attached hydrogens (tertiary/aromatic N) is 3. The highest BCUT2D eigenvalue weighted by molar-refractivity contribution is 5.27. The normalized spacial score (nSPS) is 20.2. The first-order chi connectivity index (χ1) is 14.6. The number of likely N-dealkylation sites (tertiary alicyclic amines) is 1. The monoisotopic (exact) mass is 417 g/mol. The number of ether oxygens (including phenoxy) is 3. The van der Waals surface area contributed by atoms with E-state index in [0.717, 1.165) is 55.9 Å². The van der Waals surface area contributed by atoms with Crippen LogP contribution in [-0.4, -0.2) is 66.7 Å². The third kappa shape index (κ3) is 5.00. The predicted molar refractivity (Wildman–Crippen MR) is 109 cm³/mol. The summed E-state index contributed by atoms with van der Waals surface area (Å²) in [6, 6.07) is 7.75. The zero-order valence-electron chi connectivity index (χ0n) is 17.7. The van der Waals surface area contributed by atoms with Gasteiger partial charge in [0.2, 0.25) is 0 Å². The molecule has 0 bridgehead atoms. The van der Waals surface area contributed by atoms with Crippen LogP contribution >= 0.6 is 0 Å². The van der Waals surface area contributed by atoms with Gasteiger partial charge >= 0.3 is 0 Å². The molecule has 1 aliphatic heterocycles.